The van der Waals surface area contributed by atoms with Crippen LogP contribution in [-0.4, -0.2) is 19.0 Å². The molecule has 3 heteroatoms. The minimum Gasteiger partial charge on any atom is -0.545 e. The monoisotopic (exact) mass is 165 g/mol. The minimum atomic E-state index is 0. The third-order valence-electron chi connectivity index (χ3n) is 0. The Morgan fingerprint density at radius 1 is 1.33 bits per heavy atom. The largest absolute Gasteiger partial charge is 0.545 e. The van der Waals surface area contributed by atoms with Gasteiger partial charge in [-0.05, 0) is 0 Å². The SMILES string of the molecule is CO.[CH-]=O.[CH3-].[Y]. The van der Waals surface area contributed by atoms with Crippen LogP contribution >= 0.6 is 0 Å². The molecule has 1 N–H and O–H groups in total. The Kier molecular flexibility index (Phi) is 1180. The molecule has 0 bridgehead atoms. The molecule has 0 spiro atoms. The first-order valence-electron chi connectivity index (χ1n) is 0.683. The van der Waals surface area contributed by atoms with Gasteiger partial charge in [0.1, 0.15) is 0 Å². The van der Waals surface area contributed by atoms with Crippen molar-refractivity contribution in [2.75, 3.05) is 7.11 Å². The molecule has 2 nitrogen and oxygen atoms in total. The van der Waals surface area contributed by atoms with Crippen molar-refractivity contribution in [3.05, 3.63) is 7.43 Å². The Balaban J connectivity index is -0.00000000500. The van der Waals surface area contributed by atoms with Crippen LogP contribution in [0.4, 0.5) is 0 Å². The zero-order valence-electron chi connectivity index (χ0n) is 4.01. The average Bonchev–Trinajstić information content (AvgIpc) is 1.50. The van der Waals surface area contributed by atoms with Crippen LogP contribution in [0.5, 0.6) is 0 Å². The summed E-state index contributed by atoms with van der Waals surface area (Å²) < 4.78 is 0. The zero-order valence-corrected chi connectivity index (χ0v) is 6.85. The maximum atomic E-state index is 7.75. The molecule has 0 aliphatic heterocycles. The summed E-state index contributed by atoms with van der Waals surface area (Å²) in [4.78, 5) is 7.75. The van der Waals surface area contributed by atoms with Crippen molar-refractivity contribution in [1.82, 2.24) is 0 Å². The van der Waals surface area contributed by atoms with E-state index in [-0.39, 0.29) is 40.1 Å². The average molecular weight is 165 g/mol. The molecule has 0 aromatic carbocycles. The second-order valence-corrected chi connectivity index (χ2v) is 0. The fourth-order valence-corrected chi connectivity index (χ4v) is 0. The Bertz CT molecular complexity index is 8.75. The van der Waals surface area contributed by atoms with Crippen molar-refractivity contribution in [3.63, 3.8) is 0 Å². The fourth-order valence-electron chi connectivity index (χ4n) is 0. The molecule has 0 fully saturated rings. The molecule has 0 rings (SSSR count). The van der Waals surface area contributed by atoms with E-state index in [1.54, 1.807) is 0 Å². The zero-order chi connectivity index (χ0) is 4.00. The van der Waals surface area contributed by atoms with Crippen LogP contribution in [0.2, 0.25) is 0 Å². The Morgan fingerprint density at radius 3 is 1.33 bits per heavy atom. The molecule has 6 heavy (non-hydrogen) atoms. The molecular formula is C3H8O2Y-2. The Labute approximate surface area is 63.8 Å². The van der Waals surface area contributed by atoms with Gasteiger partial charge in [0.15, 0.2) is 0 Å². The van der Waals surface area contributed by atoms with Gasteiger partial charge >= 0.3 is 0 Å². The molecule has 0 heterocycles. The van der Waals surface area contributed by atoms with Gasteiger partial charge in [0.05, 0.1) is 0 Å². The molecule has 0 aliphatic rings. The van der Waals surface area contributed by atoms with E-state index in [2.05, 4.69) is 6.79 Å². The van der Waals surface area contributed by atoms with Crippen LogP contribution in [0.25, 0.3) is 0 Å². The van der Waals surface area contributed by atoms with Gasteiger partial charge in [-0.15, -0.1) is 0 Å². The van der Waals surface area contributed by atoms with E-state index >= 15 is 0 Å². The van der Waals surface area contributed by atoms with Crippen LogP contribution in [0.15, 0.2) is 0 Å². The van der Waals surface area contributed by atoms with Crippen molar-refractivity contribution in [2.45, 2.75) is 0 Å². The normalized spacial score (nSPS) is 1.67. The van der Waals surface area contributed by atoms with Crippen LogP contribution in [0.3, 0.4) is 0 Å². The molecular weight excluding hydrogens is 157 g/mol. The summed E-state index contributed by atoms with van der Waals surface area (Å²) in [6, 6.07) is 0. The summed E-state index contributed by atoms with van der Waals surface area (Å²) in [5, 5.41) is 7.00. The predicted octanol–water partition coefficient (Wildman–Crippen LogP) is -0.218. The van der Waals surface area contributed by atoms with E-state index in [4.69, 9.17) is 9.90 Å². The van der Waals surface area contributed by atoms with Crippen molar-refractivity contribution in [1.29, 1.82) is 0 Å². The van der Waals surface area contributed by atoms with Crippen molar-refractivity contribution in [3.8, 4) is 0 Å². The Morgan fingerprint density at radius 2 is 1.33 bits per heavy atom. The van der Waals surface area contributed by atoms with Crippen LogP contribution in [0, 0.1) is 7.43 Å². The molecule has 0 amide bonds. The first-order chi connectivity index (χ1) is 2.00. The quantitative estimate of drug-likeness (QED) is 0.398. The molecule has 0 saturated carbocycles. The molecule has 0 aromatic heterocycles. The van der Waals surface area contributed by atoms with Gasteiger partial charge in [0.25, 0.3) is 0 Å². The third-order valence-corrected chi connectivity index (χ3v) is 0. The maximum Gasteiger partial charge on any atom is 0.0319 e. The second-order valence-electron chi connectivity index (χ2n) is 0. The summed E-state index contributed by atoms with van der Waals surface area (Å²) in [5.41, 5.74) is 0. The summed E-state index contributed by atoms with van der Waals surface area (Å²) in [5.74, 6) is 0. The van der Waals surface area contributed by atoms with E-state index in [0.29, 0.717) is 0 Å². The van der Waals surface area contributed by atoms with Crippen molar-refractivity contribution >= 4 is 6.79 Å². The predicted molar refractivity (Wildman–Crippen MR) is 21.3 cm³/mol. The van der Waals surface area contributed by atoms with Gasteiger partial charge in [-0.3, -0.25) is 6.79 Å². The number of carbonyl (C=O) groups excluding carboxylic acids is 1. The number of rotatable bonds is 0. The number of hydrogen-bond donors (Lipinski definition) is 1. The van der Waals surface area contributed by atoms with Gasteiger partial charge in [-0.1, -0.05) is 0 Å². The third kappa shape index (κ3) is 123. The molecule has 1 radical (unpaired) electrons. The molecule has 37 valence electrons. The molecule has 0 unspecified atom stereocenters. The summed E-state index contributed by atoms with van der Waals surface area (Å²) >= 11 is 0. The molecule has 0 aliphatic carbocycles. The first kappa shape index (κ1) is 29.6. The number of aliphatic hydroxyl groups is 1. The van der Waals surface area contributed by atoms with Gasteiger partial charge in [-0.2, -0.15) is 0 Å². The number of hydrogen-bond acceptors (Lipinski definition) is 2. The van der Waals surface area contributed by atoms with E-state index in [0.717, 1.165) is 7.11 Å². The first-order valence-corrected chi connectivity index (χ1v) is 0.683. The van der Waals surface area contributed by atoms with Gasteiger partial charge in [-0.25, -0.2) is 0 Å². The van der Waals surface area contributed by atoms with E-state index in [9.17, 15) is 0 Å². The van der Waals surface area contributed by atoms with Gasteiger partial charge in [0.2, 0.25) is 0 Å². The van der Waals surface area contributed by atoms with Crippen LogP contribution < -0.4 is 0 Å². The minimum absolute atomic E-state index is 0. The van der Waals surface area contributed by atoms with Crippen molar-refractivity contribution < 1.29 is 42.6 Å². The van der Waals surface area contributed by atoms with E-state index < -0.39 is 0 Å². The summed E-state index contributed by atoms with van der Waals surface area (Å²) in [6.45, 7) is 3.25. The summed E-state index contributed by atoms with van der Waals surface area (Å²) in [6.07, 6.45) is 0. The topological polar surface area (TPSA) is 37.3 Å². The summed E-state index contributed by atoms with van der Waals surface area (Å²) in [7, 11) is 1.00. The standard InChI is InChI=1S/CH4O.CHO.CH3.Y/c2*1-2;;/h2H,1H3;1H;1H3;/q;2*-1;. The molecule has 0 aromatic rings. The second kappa shape index (κ2) is 239. The number of aliphatic hydroxyl groups excluding tert-OH is 1. The van der Waals surface area contributed by atoms with Crippen LogP contribution in [-0.2, 0) is 37.5 Å². The molecule has 0 atom stereocenters. The smallest absolute Gasteiger partial charge is 0.0319 e. The van der Waals surface area contributed by atoms with Gasteiger partial charge in [0, 0.05) is 39.8 Å². The van der Waals surface area contributed by atoms with E-state index in [1.165, 1.54) is 0 Å². The van der Waals surface area contributed by atoms with E-state index in [1.807, 2.05) is 0 Å². The van der Waals surface area contributed by atoms with Crippen LogP contribution in [0.1, 0.15) is 0 Å². The Hall–Kier alpha value is 0.734. The maximum absolute atomic E-state index is 7.75. The van der Waals surface area contributed by atoms with Crippen molar-refractivity contribution in [2.24, 2.45) is 0 Å². The molecule has 0 saturated heterocycles. The fraction of sp³-hybridized carbons (Fsp3) is 0.333. The van der Waals surface area contributed by atoms with Gasteiger partial charge < -0.3 is 17.3 Å².